The van der Waals surface area contributed by atoms with Gasteiger partial charge in [-0.05, 0) is 69.3 Å². The Morgan fingerprint density at radius 3 is 2.73 bits per heavy atom. The van der Waals surface area contributed by atoms with Crippen molar-refractivity contribution in [2.45, 2.75) is 65.0 Å². The number of rotatable bonds is 5. The van der Waals surface area contributed by atoms with Crippen molar-refractivity contribution in [3.63, 3.8) is 0 Å². The first kappa shape index (κ1) is 21.4. The van der Waals surface area contributed by atoms with E-state index in [1.54, 1.807) is 0 Å². The fourth-order valence-corrected chi connectivity index (χ4v) is 4.87. The summed E-state index contributed by atoms with van der Waals surface area (Å²) in [6.07, 6.45) is 6.88. The third-order valence-electron chi connectivity index (χ3n) is 6.67. The van der Waals surface area contributed by atoms with Gasteiger partial charge in [0.2, 0.25) is 11.8 Å². The molecule has 5 nitrogen and oxygen atoms in total. The topological polar surface area (TPSA) is 58.4 Å². The number of likely N-dealkylation sites (tertiary alicyclic amines) is 1. The molecule has 2 heterocycles. The van der Waals surface area contributed by atoms with Crippen LogP contribution in [0.5, 0.6) is 0 Å². The quantitative estimate of drug-likeness (QED) is 0.708. The average Bonchev–Trinajstić information content (AvgIpc) is 3.10. The molecule has 3 unspecified atom stereocenters. The van der Waals surface area contributed by atoms with E-state index in [2.05, 4.69) is 17.1 Å². The number of carbonyl (C=O) groups is 1. The van der Waals surface area contributed by atoms with Crippen molar-refractivity contribution in [1.82, 2.24) is 15.2 Å². The summed E-state index contributed by atoms with van der Waals surface area (Å²) in [4.78, 5) is 20.0. The highest BCUT2D eigenvalue weighted by atomic mass is 35.5. The van der Waals surface area contributed by atoms with Crippen molar-refractivity contribution < 1.29 is 9.21 Å². The summed E-state index contributed by atoms with van der Waals surface area (Å²) >= 11 is 5.98. The molecule has 1 saturated heterocycles. The highest BCUT2D eigenvalue weighted by Gasteiger charge is 2.30. The van der Waals surface area contributed by atoms with E-state index in [0.717, 1.165) is 49.4 Å². The highest BCUT2D eigenvalue weighted by molar-refractivity contribution is 6.30. The maximum absolute atomic E-state index is 12.9. The summed E-state index contributed by atoms with van der Waals surface area (Å²) in [6.45, 7) is 6.72. The minimum atomic E-state index is 0.0656. The molecule has 1 aliphatic carbocycles. The monoisotopic (exact) mass is 429 g/mol. The normalized spacial score (nSPS) is 25.2. The zero-order chi connectivity index (χ0) is 21.1. The van der Waals surface area contributed by atoms with Crippen LogP contribution in [0.3, 0.4) is 0 Å². The number of piperidine rings is 1. The Bertz CT molecular complexity index is 864. The zero-order valence-electron chi connectivity index (χ0n) is 18.0. The molecule has 1 amide bonds. The molecule has 0 bridgehead atoms. The van der Waals surface area contributed by atoms with Crippen molar-refractivity contribution in [2.75, 3.05) is 13.1 Å². The molecule has 6 heteroatoms. The van der Waals surface area contributed by atoms with Crippen LogP contribution >= 0.6 is 11.6 Å². The number of aryl methyl sites for hydroxylation is 1. The van der Waals surface area contributed by atoms with Crippen LogP contribution in [0, 0.1) is 18.8 Å². The van der Waals surface area contributed by atoms with Crippen molar-refractivity contribution in [3.8, 4) is 11.5 Å². The number of hydrogen-bond donors (Lipinski definition) is 1. The second-order valence-electron chi connectivity index (χ2n) is 8.98. The molecule has 30 heavy (non-hydrogen) atoms. The third-order valence-corrected chi connectivity index (χ3v) is 6.92. The van der Waals surface area contributed by atoms with Crippen molar-refractivity contribution >= 4 is 17.5 Å². The summed E-state index contributed by atoms with van der Waals surface area (Å²) in [5, 5.41) is 4.05. The maximum Gasteiger partial charge on any atom is 0.226 e. The van der Waals surface area contributed by atoms with Crippen LogP contribution in [0.1, 0.15) is 56.9 Å². The fourth-order valence-electron chi connectivity index (χ4n) is 4.75. The van der Waals surface area contributed by atoms with E-state index in [4.69, 9.17) is 21.0 Å². The lowest BCUT2D eigenvalue weighted by Gasteiger charge is -2.34. The predicted molar refractivity (Wildman–Crippen MR) is 119 cm³/mol. The molecule has 1 aromatic carbocycles. The Balaban J connectivity index is 1.37. The summed E-state index contributed by atoms with van der Waals surface area (Å²) < 4.78 is 5.91. The molecule has 2 fully saturated rings. The van der Waals surface area contributed by atoms with E-state index < -0.39 is 0 Å². The van der Waals surface area contributed by atoms with E-state index in [1.165, 1.54) is 19.3 Å². The molecule has 1 aliphatic heterocycles. The molecule has 4 rings (SSSR count). The van der Waals surface area contributed by atoms with Gasteiger partial charge in [-0.2, -0.15) is 0 Å². The second-order valence-corrected chi connectivity index (χ2v) is 9.42. The van der Waals surface area contributed by atoms with Crippen LogP contribution < -0.4 is 5.32 Å². The van der Waals surface area contributed by atoms with Gasteiger partial charge in [0.25, 0.3) is 0 Å². The van der Waals surface area contributed by atoms with Crippen molar-refractivity contribution in [3.05, 3.63) is 40.7 Å². The van der Waals surface area contributed by atoms with Crippen LogP contribution in [0.2, 0.25) is 5.02 Å². The Kier molecular flexibility index (Phi) is 6.79. The minimum absolute atomic E-state index is 0.0656. The van der Waals surface area contributed by atoms with Crippen molar-refractivity contribution in [1.29, 1.82) is 0 Å². The van der Waals surface area contributed by atoms with Crippen LogP contribution in [-0.4, -0.2) is 34.9 Å². The Morgan fingerprint density at radius 2 is 1.97 bits per heavy atom. The van der Waals surface area contributed by atoms with Crippen molar-refractivity contribution in [2.24, 2.45) is 11.8 Å². The number of carbonyl (C=O) groups excluding carboxylic acids is 1. The van der Waals surface area contributed by atoms with Gasteiger partial charge in [0.15, 0.2) is 0 Å². The zero-order valence-corrected chi connectivity index (χ0v) is 18.8. The average molecular weight is 430 g/mol. The van der Waals surface area contributed by atoms with Crippen LogP contribution in [0.15, 0.2) is 28.7 Å². The van der Waals surface area contributed by atoms with Crippen LogP contribution in [-0.2, 0) is 11.3 Å². The number of nitrogens with one attached hydrogen (secondary N) is 1. The number of nitrogens with zero attached hydrogens (tertiary/aromatic N) is 2. The first-order valence-electron chi connectivity index (χ1n) is 11.2. The first-order valence-corrected chi connectivity index (χ1v) is 11.6. The highest BCUT2D eigenvalue weighted by Crippen LogP contribution is 2.27. The largest absolute Gasteiger partial charge is 0.441 e. The van der Waals surface area contributed by atoms with Gasteiger partial charge in [-0.15, -0.1) is 0 Å². The lowest BCUT2D eigenvalue weighted by atomic mass is 9.85. The van der Waals surface area contributed by atoms with Gasteiger partial charge in [0.1, 0.15) is 5.76 Å². The number of amides is 1. The number of halogens is 1. The van der Waals surface area contributed by atoms with E-state index in [-0.39, 0.29) is 11.8 Å². The molecule has 2 aromatic rings. The van der Waals surface area contributed by atoms with Gasteiger partial charge in [-0.3, -0.25) is 9.69 Å². The van der Waals surface area contributed by atoms with Gasteiger partial charge in [-0.25, -0.2) is 4.98 Å². The molecule has 0 radical (unpaired) electrons. The minimum Gasteiger partial charge on any atom is -0.441 e. The number of oxazole rings is 1. The predicted octanol–water partition coefficient (Wildman–Crippen LogP) is 5.21. The van der Waals surface area contributed by atoms with Gasteiger partial charge in [0, 0.05) is 29.7 Å². The maximum atomic E-state index is 12.9. The van der Waals surface area contributed by atoms with Gasteiger partial charge >= 0.3 is 0 Å². The molecule has 1 N–H and O–H groups in total. The van der Waals surface area contributed by atoms with Crippen LogP contribution in [0.25, 0.3) is 11.5 Å². The smallest absolute Gasteiger partial charge is 0.226 e. The standard InChI is InChI=1S/C24H32ClN3O2/c1-16-6-3-4-8-21(16)26-23(29)19-7-5-13-28(14-19)15-22-17(2)30-24(27-22)18-9-11-20(25)12-10-18/h9-12,16,19,21H,3-8,13-15H2,1-2H3,(H,26,29). The summed E-state index contributed by atoms with van der Waals surface area (Å²) in [7, 11) is 0. The number of benzene rings is 1. The molecule has 1 aromatic heterocycles. The van der Waals surface area contributed by atoms with Crippen LogP contribution in [0.4, 0.5) is 0 Å². The third kappa shape index (κ3) is 5.06. The first-order chi connectivity index (χ1) is 14.5. The molecule has 3 atom stereocenters. The Morgan fingerprint density at radius 1 is 1.20 bits per heavy atom. The second kappa shape index (κ2) is 9.52. The van der Waals surface area contributed by atoms with E-state index in [1.807, 2.05) is 31.2 Å². The van der Waals surface area contributed by atoms with Gasteiger partial charge in [-0.1, -0.05) is 31.4 Å². The molecule has 2 aliphatic rings. The lowest BCUT2D eigenvalue weighted by Crippen LogP contribution is -2.48. The molecule has 1 saturated carbocycles. The fraction of sp³-hybridized carbons (Fsp3) is 0.583. The molecular formula is C24H32ClN3O2. The molecule has 162 valence electrons. The van der Waals surface area contributed by atoms with E-state index in [0.29, 0.717) is 29.4 Å². The Labute approximate surface area is 184 Å². The SMILES string of the molecule is Cc1oc(-c2ccc(Cl)cc2)nc1CN1CCCC(C(=O)NC2CCCCC2C)C1. The van der Waals surface area contributed by atoms with E-state index in [9.17, 15) is 4.79 Å². The molecular weight excluding hydrogens is 398 g/mol. The summed E-state index contributed by atoms with van der Waals surface area (Å²) in [5.74, 6) is 2.35. The molecule has 0 spiro atoms. The van der Waals surface area contributed by atoms with Gasteiger partial charge < -0.3 is 9.73 Å². The number of aromatic nitrogens is 1. The number of hydrogen-bond acceptors (Lipinski definition) is 4. The summed E-state index contributed by atoms with van der Waals surface area (Å²) in [5.41, 5.74) is 1.87. The lowest BCUT2D eigenvalue weighted by molar-refractivity contribution is -0.128. The Hall–Kier alpha value is -1.85. The summed E-state index contributed by atoms with van der Waals surface area (Å²) in [6, 6.07) is 7.88. The van der Waals surface area contributed by atoms with E-state index >= 15 is 0 Å². The van der Waals surface area contributed by atoms with Gasteiger partial charge in [0.05, 0.1) is 11.6 Å².